The van der Waals surface area contributed by atoms with Gasteiger partial charge in [0.05, 0.1) is 11.3 Å². The van der Waals surface area contributed by atoms with Crippen LogP contribution in [0.3, 0.4) is 0 Å². The number of rotatable bonds is 2. The molecule has 7 heteroatoms. The zero-order valence-electron chi connectivity index (χ0n) is 10.4. The lowest BCUT2D eigenvalue weighted by atomic mass is 10.1. The van der Waals surface area contributed by atoms with Gasteiger partial charge in [0.1, 0.15) is 5.82 Å². The number of halogens is 3. The predicted molar refractivity (Wildman–Crippen MR) is 64.9 cm³/mol. The van der Waals surface area contributed by atoms with Gasteiger partial charge in [0, 0.05) is 12.3 Å². The summed E-state index contributed by atoms with van der Waals surface area (Å²) in [6.07, 6.45) is -3.63. The van der Waals surface area contributed by atoms with Gasteiger partial charge >= 0.3 is 6.18 Å². The highest BCUT2D eigenvalue weighted by Crippen LogP contribution is 2.29. The Bertz CT molecular complexity index is 570. The van der Waals surface area contributed by atoms with Crippen molar-refractivity contribution in [3.05, 3.63) is 35.7 Å². The van der Waals surface area contributed by atoms with Crippen molar-refractivity contribution < 1.29 is 13.2 Å². The molecule has 2 N–H and O–H groups in total. The highest BCUT2D eigenvalue weighted by molar-refractivity contribution is 5.40. The molecule has 0 saturated carbocycles. The third-order valence-electron chi connectivity index (χ3n) is 2.64. The average molecular weight is 270 g/mol. The van der Waals surface area contributed by atoms with Crippen molar-refractivity contribution in [1.82, 2.24) is 14.8 Å². The Balaban J connectivity index is 2.37. The summed E-state index contributed by atoms with van der Waals surface area (Å²) in [4.78, 5) is 3.75. The van der Waals surface area contributed by atoms with Gasteiger partial charge < -0.3 is 5.73 Å². The highest BCUT2D eigenvalue weighted by atomic mass is 19.4. The summed E-state index contributed by atoms with van der Waals surface area (Å²) in [6.45, 7) is 3.90. The van der Waals surface area contributed by atoms with Gasteiger partial charge in [0.15, 0.2) is 5.82 Å². The molecule has 0 saturated heterocycles. The maximum Gasteiger partial charge on any atom is 0.417 e. The molecule has 0 bridgehead atoms. The van der Waals surface area contributed by atoms with Crippen molar-refractivity contribution in [3.8, 4) is 5.82 Å². The smallest absolute Gasteiger partial charge is 0.384 e. The third kappa shape index (κ3) is 2.69. The Hall–Kier alpha value is -2.05. The molecule has 102 valence electrons. The van der Waals surface area contributed by atoms with E-state index < -0.39 is 11.7 Å². The Labute approximate surface area is 108 Å². The molecule has 0 fully saturated rings. The van der Waals surface area contributed by atoms with Gasteiger partial charge in [0.25, 0.3) is 0 Å². The van der Waals surface area contributed by atoms with E-state index in [4.69, 9.17) is 5.73 Å². The molecule has 19 heavy (non-hydrogen) atoms. The fraction of sp³-hybridized carbons (Fsp3) is 0.333. The SMILES string of the molecule is CC(C)c1cc(N)n(-c2ccc(C(F)(F)F)cn2)n1. The molecule has 0 atom stereocenters. The van der Waals surface area contributed by atoms with Crippen molar-refractivity contribution in [2.75, 3.05) is 5.73 Å². The zero-order valence-corrected chi connectivity index (χ0v) is 10.4. The van der Waals surface area contributed by atoms with Crippen LogP contribution in [0.5, 0.6) is 0 Å². The molecule has 2 heterocycles. The van der Waals surface area contributed by atoms with Crippen LogP contribution in [0.1, 0.15) is 31.0 Å². The summed E-state index contributed by atoms with van der Waals surface area (Å²) in [6, 6.07) is 3.89. The molecule has 0 aliphatic carbocycles. The van der Waals surface area contributed by atoms with Crippen LogP contribution in [0.2, 0.25) is 0 Å². The van der Waals surface area contributed by atoms with E-state index in [2.05, 4.69) is 10.1 Å². The summed E-state index contributed by atoms with van der Waals surface area (Å²) in [5.41, 5.74) is 5.74. The van der Waals surface area contributed by atoms with Crippen molar-refractivity contribution in [1.29, 1.82) is 0 Å². The fourth-order valence-electron chi connectivity index (χ4n) is 1.56. The molecular weight excluding hydrogens is 257 g/mol. The Morgan fingerprint density at radius 2 is 1.95 bits per heavy atom. The summed E-state index contributed by atoms with van der Waals surface area (Å²) in [7, 11) is 0. The quantitative estimate of drug-likeness (QED) is 0.912. The lowest BCUT2D eigenvalue weighted by Crippen LogP contribution is -2.08. The first kappa shape index (κ1) is 13.4. The monoisotopic (exact) mass is 270 g/mol. The first-order valence-corrected chi connectivity index (χ1v) is 5.68. The predicted octanol–water partition coefficient (Wildman–Crippen LogP) is 2.99. The Morgan fingerprint density at radius 3 is 2.37 bits per heavy atom. The van der Waals surface area contributed by atoms with E-state index in [1.807, 2.05) is 13.8 Å². The number of anilines is 1. The van der Waals surface area contributed by atoms with Crippen LogP contribution in [0.25, 0.3) is 5.82 Å². The Kier molecular flexibility index (Phi) is 3.21. The van der Waals surface area contributed by atoms with Gasteiger partial charge in [-0.25, -0.2) is 4.98 Å². The molecule has 0 spiro atoms. The van der Waals surface area contributed by atoms with Gasteiger partial charge in [-0.2, -0.15) is 23.0 Å². The molecule has 0 aliphatic rings. The number of hydrogen-bond acceptors (Lipinski definition) is 3. The van der Waals surface area contributed by atoms with Crippen molar-refractivity contribution in [2.45, 2.75) is 25.9 Å². The molecule has 2 aromatic rings. The number of pyridine rings is 1. The maximum absolute atomic E-state index is 12.4. The van der Waals surface area contributed by atoms with Gasteiger partial charge in [0.2, 0.25) is 0 Å². The second kappa shape index (κ2) is 4.56. The van der Waals surface area contributed by atoms with Crippen LogP contribution in [0.15, 0.2) is 24.4 Å². The van der Waals surface area contributed by atoms with Gasteiger partial charge in [-0.05, 0) is 18.1 Å². The summed E-state index contributed by atoms with van der Waals surface area (Å²) in [5.74, 6) is 0.784. The number of alkyl halides is 3. The maximum atomic E-state index is 12.4. The molecule has 0 unspecified atom stereocenters. The van der Waals surface area contributed by atoms with Crippen LogP contribution in [-0.2, 0) is 6.18 Å². The minimum atomic E-state index is -4.40. The molecule has 4 nitrogen and oxygen atoms in total. The second-order valence-corrected chi connectivity index (χ2v) is 4.46. The molecular formula is C12H13F3N4. The summed E-state index contributed by atoms with van der Waals surface area (Å²) < 4.78 is 38.6. The molecule has 2 rings (SSSR count). The number of nitrogens with zero attached hydrogens (tertiary/aromatic N) is 3. The van der Waals surface area contributed by atoms with E-state index in [1.165, 1.54) is 10.7 Å². The van der Waals surface area contributed by atoms with Crippen LogP contribution in [0.4, 0.5) is 19.0 Å². The largest absolute Gasteiger partial charge is 0.417 e. The minimum Gasteiger partial charge on any atom is -0.384 e. The molecule has 0 radical (unpaired) electrons. The van der Waals surface area contributed by atoms with Gasteiger partial charge in [-0.15, -0.1) is 0 Å². The molecule has 0 aliphatic heterocycles. The van der Waals surface area contributed by atoms with E-state index >= 15 is 0 Å². The fourth-order valence-corrected chi connectivity index (χ4v) is 1.56. The number of nitrogens with two attached hydrogens (primary N) is 1. The van der Waals surface area contributed by atoms with E-state index in [1.54, 1.807) is 6.07 Å². The first-order chi connectivity index (χ1) is 8.79. The van der Waals surface area contributed by atoms with Crippen LogP contribution < -0.4 is 5.73 Å². The number of nitrogen functional groups attached to an aromatic ring is 1. The second-order valence-electron chi connectivity index (χ2n) is 4.46. The zero-order chi connectivity index (χ0) is 14.2. The van der Waals surface area contributed by atoms with Crippen molar-refractivity contribution >= 4 is 5.82 Å². The summed E-state index contributed by atoms with van der Waals surface area (Å²) >= 11 is 0. The van der Waals surface area contributed by atoms with Crippen molar-refractivity contribution in [3.63, 3.8) is 0 Å². The van der Waals surface area contributed by atoms with Crippen LogP contribution in [0, 0.1) is 0 Å². The van der Waals surface area contributed by atoms with E-state index in [9.17, 15) is 13.2 Å². The molecule has 0 amide bonds. The summed E-state index contributed by atoms with van der Waals surface area (Å²) in [5, 5.41) is 4.22. The van der Waals surface area contributed by atoms with E-state index in [0.717, 1.165) is 18.0 Å². The first-order valence-electron chi connectivity index (χ1n) is 5.68. The van der Waals surface area contributed by atoms with E-state index in [-0.39, 0.29) is 11.7 Å². The third-order valence-corrected chi connectivity index (χ3v) is 2.64. The van der Waals surface area contributed by atoms with Gasteiger partial charge in [-0.1, -0.05) is 13.8 Å². The lowest BCUT2D eigenvalue weighted by Gasteiger charge is -2.07. The standard InChI is InChI=1S/C12H13F3N4/c1-7(2)9-5-10(16)19(18-9)11-4-3-8(6-17-11)12(13,14)15/h3-7H,16H2,1-2H3. The number of hydrogen-bond donors (Lipinski definition) is 1. The molecule has 2 aromatic heterocycles. The minimum absolute atomic E-state index is 0.179. The molecule has 0 aromatic carbocycles. The topological polar surface area (TPSA) is 56.7 Å². The Morgan fingerprint density at radius 1 is 1.26 bits per heavy atom. The van der Waals surface area contributed by atoms with E-state index in [0.29, 0.717) is 5.82 Å². The average Bonchev–Trinajstić information content (AvgIpc) is 2.70. The van der Waals surface area contributed by atoms with Gasteiger partial charge in [-0.3, -0.25) is 0 Å². The van der Waals surface area contributed by atoms with Crippen LogP contribution >= 0.6 is 0 Å². The normalized spacial score (nSPS) is 12.1. The van der Waals surface area contributed by atoms with Crippen molar-refractivity contribution in [2.24, 2.45) is 0 Å². The highest BCUT2D eigenvalue weighted by Gasteiger charge is 2.30. The lowest BCUT2D eigenvalue weighted by molar-refractivity contribution is -0.137. The number of aromatic nitrogens is 3. The van der Waals surface area contributed by atoms with Crippen LogP contribution in [-0.4, -0.2) is 14.8 Å².